The number of ether oxygens (including phenoxy) is 2. The molecule has 0 aliphatic carbocycles. The SMILES string of the molecule is Cc1cc(OC2CCOC2)ccc1S(N)(=O)=O. The maximum atomic E-state index is 11.2. The van der Waals surface area contributed by atoms with E-state index in [1.165, 1.54) is 6.07 Å². The summed E-state index contributed by atoms with van der Waals surface area (Å²) in [7, 11) is -3.66. The molecule has 2 N–H and O–H groups in total. The van der Waals surface area contributed by atoms with E-state index in [2.05, 4.69) is 0 Å². The fourth-order valence-electron chi connectivity index (χ4n) is 1.81. The number of hydrogen-bond acceptors (Lipinski definition) is 4. The Morgan fingerprint density at radius 3 is 2.76 bits per heavy atom. The van der Waals surface area contributed by atoms with Gasteiger partial charge >= 0.3 is 0 Å². The van der Waals surface area contributed by atoms with Gasteiger partial charge in [0.2, 0.25) is 10.0 Å². The number of nitrogens with two attached hydrogens (primary N) is 1. The van der Waals surface area contributed by atoms with Crippen molar-refractivity contribution >= 4 is 10.0 Å². The summed E-state index contributed by atoms with van der Waals surface area (Å²) in [4.78, 5) is 0.132. The largest absolute Gasteiger partial charge is 0.488 e. The highest BCUT2D eigenvalue weighted by Crippen LogP contribution is 2.22. The molecule has 1 aliphatic rings. The van der Waals surface area contributed by atoms with E-state index >= 15 is 0 Å². The van der Waals surface area contributed by atoms with Crippen LogP contribution in [0.5, 0.6) is 5.75 Å². The molecule has 1 saturated heterocycles. The van der Waals surface area contributed by atoms with E-state index in [0.29, 0.717) is 24.5 Å². The standard InChI is InChI=1S/C11H15NO4S/c1-8-6-9(16-10-4-5-15-7-10)2-3-11(8)17(12,13)14/h2-3,6,10H,4-5,7H2,1H3,(H2,12,13,14). The number of aryl methyl sites for hydroxylation is 1. The summed E-state index contributed by atoms with van der Waals surface area (Å²) in [5.41, 5.74) is 0.587. The minimum atomic E-state index is -3.66. The van der Waals surface area contributed by atoms with Crippen molar-refractivity contribution in [3.05, 3.63) is 23.8 Å². The minimum Gasteiger partial charge on any atom is -0.488 e. The van der Waals surface area contributed by atoms with E-state index in [9.17, 15) is 8.42 Å². The second kappa shape index (κ2) is 4.64. The van der Waals surface area contributed by atoms with E-state index in [1.807, 2.05) is 0 Å². The number of rotatable bonds is 3. The van der Waals surface area contributed by atoms with Crippen LogP contribution in [0.2, 0.25) is 0 Å². The Balaban J connectivity index is 2.19. The fraction of sp³-hybridized carbons (Fsp3) is 0.455. The predicted molar refractivity (Wildman–Crippen MR) is 62.4 cm³/mol. The number of hydrogen-bond donors (Lipinski definition) is 1. The Bertz CT molecular complexity index is 506. The van der Waals surface area contributed by atoms with E-state index < -0.39 is 10.0 Å². The first kappa shape index (κ1) is 12.3. The van der Waals surface area contributed by atoms with Gasteiger partial charge in [-0.25, -0.2) is 13.6 Å². The molecule has 1 aromatic rings. The Kier molecular flexibility index (Phi) is 3.37. The van der Waals surface area contributed by atoms with E-state index in [0.717, 1.165) is 6.42 Å². The van der Waals surface area contributed by atoms with Gasteiger partial charge in [-0.15, -0.1) is 0 Å². The summed E-state index contributed by atoms with van der Waals surface area (Å²) in [6.45, 7) is 2.98. The van der Waals surface area contributed by atoms with Crippen molar-refractivity contribution < 1.29 is 17.9 Å². The van der Waals surface area contributed by atoms with Crippen molar-refractivity contribution in [1.29, 1.82) is 0 Å². The third-order valence-corrected chi connectivity index (χ3v) is 3.71. The zero-order valence-corrected chi connectivity index (χ0v) is 10.4. The van der Waals surface area contributed by atoms with Crippen molar-refractivity contribution in [3.8, 4) is 5.75 Å². The van der Waals surface area contributed by atoms with E-state index in [-0.39, 0.29) is 11.0 Å². The predicted octanol–water partition coefficient (Wildman–Crippen LogP) is 0.810. The highest BCUT2D eigenvalue weighted by atomic mass is 32.2. The van der Waals surface area contributed by atoms with Gasteiger partial charge in [0.15, 0.2) is 0 Å². The van der Waals surface area contributed by atoms with Crippen molar-refractivity contribution in [2.75, 3.05) is 13.2 Å². The zero-order valence-electron chi connectivity index (χ0n) is 9.55. The van der Waals surface area contributed by atoms with Crippen LogP contribution < -0.4 is 9.88 Å². The lowest BCUT2D eigenvalue weighted by molar-refractivity contribution is 0.141. The molecule has 1 fully saturated rings. The fourth-order valence-corrected chi connectivity index (χ4v) is 2.58. The topological polar surface area (TPSA) is 78.6 Å². The van der Waals surface area contributed by atoms with Crippen LogP contribution in [0.3, 0.4) is 0 Å². The third kappa shape index (κ3) is 2.96. The third-order valence-electron chi connectivity index (χ3n) is 2.64. The van der Waals surface area contributed by atoms with Crippen LogP contribution in [-0.4, -0.2) is 27.7 Å². The molecule has 17 heavy (non-hydrogen) atoms. The summed E-state index contributed by atoms with van der Waals surface area (Å²) in [6, 6.07) is 4.76. The Morgan fingerprint density at radius 2 is 2.24 bits per heavy atom. The van der Waals surface area contributed by atoms with Crippen molar-refractivity contribution in [1.82, 2.24) is 0 Å². The van der Waals surface area contributed by atoms with Crippen LogP contribution in [0.1, 0.15) is 12.0 Å². The lowest BCUT2D eigenvalue weighted by atomic mass is 10.2. The molecule has 1 aliphatic heterocycles. The smallest absolute Gasteiger partial charge is 0.238 e. The van der Waals surface area contributed by atoms with Crippen LogP contribution in [0.4, 0.5) is 0 Å². The first-order valence-corrected chi connectivity index (χ1v) is 6.89. The van der Waals surface area contributed by atoms with Crippen molar-refractivity contribution in [3.63, 3.8) is 0 Å². The Morgan fingerprint density at radius 1 is 1.47 bits per heavy atom. The van der Waals surface area contributed by atoms with Gasteiger partial charge in [0.05, 0.1) is 18.1 Å². The maximum absolute atomic E-state index is 11.2. The molecule has 5 nitrogen and oxygen atoms in total. The Labute approximate surface area is 101 Å². The first-order valence-electron chi connectivity index (χ1n) is 5.34. The average Bonchev–Trinajstić information content (AvgIpc) is 2.68. The molecule has 1 atom stereocenters. The van der Waals surface area contributed by atoms with Crippen LogP contribution in [0.25, 0.3) is 0 Å². The van der Waals surface area contributed by atoms with Crippen LogP contribution in [-0.2, 0) is 14.8 Å². The quantitative estimate of drug-likeness (QED) is 0.869. The highest BCUT2D eigenvalue weighted by molar-refractivity contribution is 7.89. The van der Waals surface area contributed by atoms with Gasteiger partial charge in [0.25, 0.3) is 0 Å². The highest BCUT2D eigenvalue weighted by Gasteiger charge is 2.18. The number of primary sulfonamides is 1. The minimum absolute atomic E-state index is 0.0507. The molecule has 0 bridgehead atoms. The van der Waals surface area contributed by atoms with Gasteiger partial charge in [0.1, 0.15) is 11.9 Å². The first-order chi connectivity index (χ1) is 7.97. The van der Waals surface area contributed by atoms with E-state index in [1.54, 1.807) is 19.1 Å². The zero-order chi connectivity index (χ0) is 12.5. The molecule has 1 aromatic carbocycles. The number of benzene rings is 1. The molecule has 2 rings (SSSR count). The van der Waals surface area contributed by atoms with Gasteiger partial charge in [-0.3, -0.25) is 0 Å². The van der Waals surface area contributed by atoms with Crippen molar-refractivity contribution in [2.24, 2.45) is 5.14 Å². The Hall–Kier alpha value is -1.11. The van der Waals surface area contributed by atoms with Crippen LogP contribution >= 0.6 is 0 Å². The molecule has 6 heteroatoms. The summed E-state index contributed by atoms with van der Waals surface area (Å²) < 4.78 is 33.3. The molecule has 1 heterocycles. The molecular weight excluding hydrogens is 242 g/mol. The summed E-state index contributed by atoms with van der Waals surface area (Å²) >= 11 is 0. The second-order valence-corrected chi connectivity index (χ2v) is 5.61. The lowest BCUT2D eigenvalue weighted by Crippen LogP contribution is -2.17. The maximum Gasteiger partial charge on any atom is 0.238 e. The van der Waals surface area contributed by atoms with Gasteiger partial charge in [0, 0.05) is 6.42 Å². The van der Waals surface area contributed by atoms with Gasteiger partial charge in [-0.1, -0.05) is 0 Å². The summed E-state index contributed by atoms with van der Waals surface area (Å²) in [5.74, 6) is 0.644. The van der Waals surface area contributed by atoms with Gasteiger partial charge in [-0.05, 0) is 30.7 Å². The number of sulfonamides is 1. The van der Waals surface area contributed by atoms with Gasteiger partial charge in [-0.2, -0.15) is 0 Å². The lowest BCUT2D eigenvalue weighted by Gasteiger charge is -2.13. The van der Waals surface area contributed by atoms with Gasteiger partial charge < -0.3 is 9.47 Å². The van der Waals surface area contributed by atoms with E-state index in [4.69, 9.17) is 14.6 Å². The van der Waals surface area contributed by atoms with Crippen molar-refractivity contribution in [2.45, 2.75) is 24.3 Å². The van der Waals surface area contributed by atoms with Crippen LogP contribution in [0.15, 0.2) is 23.1 Å². The monoisotopic (exact) mass is 257 g/mol. The molecule has 0 radical (unpaired) electrons. The summed E-state index contributed by atoms with van der Waals surface area (Å²) in [6.07, 6.45) is 0.908. The average molecular weight is 257 g/mol. The molecule has 1 unspecified atom stereocenters. The molecule has 0 amide bonds. The normalized spacial score (nSPS) is 20.5. The molecule has 94 valence electrons. The molecule has 0 spiro atoms. The second-order valence-electron chi connectivity index (χ2n) is 4.08. The molecule has 0 aromatic heterocycles. The summed E-state index contributed by atoms with van der Waals surface area (Å²) in [5, 5.41) is 5.08. The molecule has 0 saturated carbocycles. The van der Waals surface area contributed by atoms with Crippen LogP contribution in [0, 0.1) is 6.92 Å². The molecular formula is C11H15NO4S.